The van der Waals surface area contributed by atoms with E-state index in [1.165, 1.54) is 6.07 Å². The predicted molar refractivity (Wildman–Crippen MR) is 156 cm³/mol. The summed E-state index contributed by atoms with van der Waals surface area (Å²) >= 11 is 6.27. The summed E-state index contributed by atoms with van der Waals surface area (Å²) in [5.41, 5.74) is 4.21. The number of benzene rings is 1. The zero-order chi connectivity index (χ0) is 30.4. The number of carboxylic acid groups (broad SMARTS) is 1. The minimum Gasteiger partial charge on any atom is -0.480 e. The van der Waals surface area contributed by atoms with Gasteiger partial charge in [-0.2, -0.15) is 13.9 Å². The van der Waals surface area contributed by atoms with E-state index in [0.29, 0.717) is 11.2 Å². The Hall–Kier alpha value is -3.57. The normalized spacial score (nSPS) is 22.0. The lowest BCUT2D eigenvalue weighted by Gasteiger charge is -2.37. The number of hydrogen-bond acceptors (Lipinski definition) is 5. The first-order valence-electron chi connectivity index (χ1n) is 14.6. The zero-order valence-corrected chi connectivity index (χ0v) is 24.6. The average Bonchev–Trinajstić information content (AvgIpc) is 3.73. The molecule has 1 saturated carbocycles. The number of aromatic nitrogens is 4. The fourth-order valence-electron chi connectivity index (χ4n) is 7.04. The molecule has 0 spiro atoms. The van der Waals surface area contributed by atoms with Gasteiger partial charge in [0.1, 0.15) is 23.3 Å². The van der Waals surface area contributed by atoms with Crippen LogP contribution in [-0.2, 0) is 4.79 Å². The van der Waals surface area contributed by atoms with Crippen molar-refractivity contribution in [2.24, 2.45) is 0 Å². The van der Waals surface area contributed by atoms with Gasteiger partial charge in [0.25, 0.3) is 0 Å². The minimum absolute atomic E-state index is 0.136. The number of carbonyl (C=O) groups is 1. The lowest BCUT2D eigenvalue weighted by molar-refractivity contribution is -0.143. The summed E-state index contributed by atoms with van der Waals surface area (Å²) < 4.78 is 47.4. The first-order valence-corrected chi connectivity index (χ1v) is 14.9. The summed E-state index contributed by atoms with van der Waals surface area (Å²) in [4.78, 5) is 21.6. The number of pyridine rings is 1. The molecule has 1 aromatic carbocycles. The number of hydrogen-bond donors (Lipinski definition) is 2. The first-order chi connectivity index (χ1) is 20.6. The van der Waals surface area contributed by atoms with Crippen molar-refractivity contribution in [1.82, 2.24) is 24.6 Å². The summed E-state index contributed by atoms with van der Waals surface area (Å²) in [6.45, 7) is 1.55. The van der Waals surface area contributed by atoms with Crippen molar-refractivity contribution in [3.63, 3.8) is 0 Å². The van der Waals surface area contributed by atoms with Gasteiger partial charge >= 0.3 is 12.6 Å². The van der Waals surface area contributed by atoms with Crippen LogP contribution in [-0.4, -0.2) is 61.0 Å². The van der Waals surface area contributed by atoms with Crippen LogP contribution in [0, 0.1) is 12.7 Å². The van der Waals surface area contributed by atoms with E-state index in [1.54, 1.807) is 19.3 Å². The molecule has 8 nitrogen and oxygen atoms in total. The van der Waals surface area contributed by atoms with Crippen molar-refractivity contribution in [2.45, 2.75) is 83.0 Å². The number of likely N-dealkylation sites (tertiary alicyclic amines) is 1. The molecule has 0 radical (unpaired) electrons. The molecule has 43 heavy (non-hydrogen) atoms. The number of aliphatic carboxylic acids is 1. The van der Waals surface area contributed by atoms with Crippen LogP contribution in [0.3, 0.4) is 0 Å². The smallest absolute Gasteiger partial charge is 0.387 e. The van der Waals surface area contributed by atoms with Crippen LogP contribution < -0.4 is 4.74 Å². The number of aromatic amines is 1. The van der Waals surface area contributed by atoms with E-state index >= 15 is 0 Å². The molecule has 4 aromatic rings. The highest BCUT2D eigenvalue weighted by Crippen LogP contribution is 2.42. The molecule has 2 fully saturated rings. The Bertz CT molecular complexity index is 1650. The highest BCUT2D eigenvalue weighted by molar-refractivity contribution is 6.31. The zero-order valence-electron chi connectivity index (χ0n) is 23.9. The van der Waals surface area contributed by atoms with Crippen LogP contribution in [0.2, 0.25) is 5.02 Å². The van der Waals surface area contributed by atoms with Crippen LogP contribution in [0.15, 0.2) is 36.8 Å². The van der Waals surface area contributed by atoms with E-state index in [0.717, 1.165) is 73.3 Å². The van der Waals surface area contributed by atoms with E-state index in [-0.39, 0.29) is 34.5 Å². The Labute approximate surface area is 251 Å². The molecule has 0 bridgehead atoms. The van der Waals surface area contributed by atoms with Crippen molar-refractivity contribution in [1.29, 1.82) is 0 Å². The lowest BCUT2D eigenvalue weighted by atomic mass is 9.89. The van der Waals surface area contributed by atoms with Crippen LogP contribution in [0.5, 0.6) is 5.75 Å². The number of alkyl halides is 2. The van der Waals surface area contributed by atoms with Gasteiger partial charge in [0.15, 0.2) is 0 Å². The maximum atomic E-state index is 14.4. The summed E-state index contributed by atoms with van der Waals surface area (Å²) in [6.07, 6.45) is 10.7. The van der Waals surface area contributed by atoms with E-state index in [4.69, 9.17) is 16.7 Å². The fourth-order valence-corrected chi connectivity index (χ4v) is 7.36. The molecule has 228 valence electrons. The molecule has 2 atom stereocenters. The Morgan fingerprint density at radius 1 is 1.16 bits per heavy atom. The van der Waals surface area contributed by atoms with Gasteiger partial charge in [0.2, 0.25) is 0 Å². The topological polar surface area (TPSA) is 96.3 Å². The number of rotatable bonds is 8. The minimum atomic E-state index is -3.08. The highest BCUT2D eigenvalue weighted by Gasteiger charge is 2.37. The molecule has 4 heterocycles. The van der Waals surface area contributed by atoms with Crippen molar-refractivity contribution in [2.75, 3.05) is 6.54 Å². The first kappa shape index (κ1) is 29.5. The Morgan fingerprint density at radius 3 is 2.63 bits per heavy atom. The third-order valence-electron chi connectivity index (χ3n) is 9.19. The molecule has 12 heteroatoms. The molecule has 3 aromatic heterocycles. The van der Waals surface area contributed by atoms with Gasteiger partial charge in [-0.05, 0) is 75.8 Å². The fraction of sp³-hybridized carbons (Fsp3) is 0.452. The molecule has 0 unspecified atom stereocenters. The van der Waals surface area contributed by atoms with Crippen LogP contribution in [0.25, 0.3) is 22.2 Å². The monoisotopic (exact) mass is 615 g/mol. The molecular weight excluding hydrogens is 583 g/mol. The molecule has 1 aliphatic carbocycles. The molecule has 2 N–H and O–H groups in total. The number of nitrogens with one attached hydrogen (secondary N) is 1. The second-order valence-electron chi connectivity index (χ2n) is 11.5. The van der Waals surface area contributed by atoms with Crippen molar-refractivity contribution >= 4 is 28.6 Å². The van der Waals surface area contributed by atoms with Gasteiger partial charge in [-0.15, -0.1) is 0 Å². The van der Waals surface area contributed by atoms with Gasteiger partial charge in [0, 0.05) is 52.1 Å². The average molecular weight is 616 g/mol. The summed E-state index contributed by atoms with van der Waals surface area (Å²) in [5.74, 6) is -2.21. The van der Waals surface area contributed by atoms with Gasteiger partial charge in [-0.1, -0.05) is 18.5 Å². The Kier molecular flexibility index (Phi) is 8.12. The van der Waals surface area contributed by atoms with Crippen LogP contribution >= 0.6 is 11.6 Å². The van der Waals surface area contributed by atoms with Crippen molar-refractivity contribution in [3.05, 3.63) is 64.5 Å². The lowest BCUT2D eigenvalue weighted by Crippen LogP contribution is -2.45. The van der Waals surface area contributed by atoms with Crippen molar-refractivity contribution < 1.29 is 27.8 Å². The molecule has 0 amide bonds. The number of carboxylic acids is 1. The van der Waals surface area contributed by atoms with Crippen LogP contribution in [0.1, 0.15) is 74.2 Å². The second-order valence-corrected chi connectivity index (χ2v) is 11.9. The summed E-state index contributed by atoms with van der Waals surface area (Å²) in [6, 6.07) is 4.28. The Balaban J connectivity index is 1.25. The van der Waals surface area contributed by atoms with E-state index in [1.807, 2.05) is 19.2 Å². The Morgan fingerprint density at radius 2 is 1.91 bits per heavy atom. The summed E-state index contributed by atoms with van der Waals surface area (Å²) in [7, 11) is 0. The van der Waals surface area contributed by atoms with Gasteiger partial charge in [0.05, 0.1) is 17.3 Å². The quantitative estimate of drug-likeness (QED) is 0.216. The summed E-state index contributed by atoms with van der Waals surface area (Å²) in [5, 5.41) is 14.8. The highest BCUT2D eigenvalue weighted by atomic mass is 35.5. The van der Waals surface area contributed by atoms with Gasteiger partial charge in [-0.25, -0.2) is 9.37 Å². The third-order valence-corrected chi connectivity index (χ3v) is 9.57. The number of H-pyrrole nitrogens is 1. The molecule has 2 aliphatic rings. The SMILES string of the molecule is Cc1c(-c2cnc3[nH]cc([C@H](C)c4c(OC(F)F)ccc(F)c4Cl)c3c2)cnn1C1CCC(N2CCC[C@H]2C(=O)O)CC1. The van der Waals surface area contributed by atoms with E-state index in [2.05, 4.69) is 24.3 Å². The second kappa shape index (κ2) is 11.8. The standard InChI is InChI=1S/C31H33ClF3N5O3/c1-16(27-26(43-31(34)35)10-9-24(33)28(27)32)22-14-37-29-21(22)12-18(13-36-29)23-15-38-40(17(23)2)20-7-5-19(6-8-20)39-11-3-4-25(39)30(41)42/h9-10,12-16,19-20,25,31H,3-8,11H2,1-2H3,(H,36,37)(H,41,42)/t16-,19?,20?,25-/m0/s1. The largest absolute Gasteiger partial charge is 0.480 e. The number of fused-ring (bicyclic) bond motifs is 1. The molecule has 1 aliphatic heterocycles. The molecule has 1 saturated heterocycles. The number of ether oxygens (including phenoxy) is 1. The van der Waals surface area contributed by atoms with E-state index in [9.17, 15) is 23.1 Å². The molecular formula is C31H33ClF3N5O3. The number of halogens is 4. The maximum absolute atomic E-state index is 14.4. The third kappa shape index (κ3) is 5.48. The van der Waals surface area contributed by atoms with Crippen molar-refractivity contribution in [3.8, 4) is 16.9 Å². The maximum Gasteiger partial charge on any atom is 0.387 e. The van der Waals surface area contributed by atoms with Gasteiger partial charge in [-0.3, -0.25) is 14.4 Å². The van der Waals surface area contributed by atoms with E-state index < -0.39 is 24.3 Å². The van der Waals surface area contributed by atoms with Gasteiger partial charge < -0.3 is 14.8 Å². The number of nitrogens with zero attached hydrogens (tertiary/aromatic N) is 4. The van der Waals surface area contributed by atoms with Crippen LogP contribution in [0.4, 0.5) is 13.2 Å². The molecule has 6 rings (SSSR count). The predicted octanol–water partition coefficient (Wildman–Crippen LogP) is 7.31.